The van der Waals surface area contributed by atoms with Gasteiger partial charge in [0.25, 0.3) is 5.25 Å². The standard InChI is InChI=1S/C17H35ClO3/c1-6-7-8-9-10-11-13-16(2,14-12-15-19-3)17(18,20-4)21-5/h6-15H2,1-5H3. The van der Waals surface area contributed by atoms with Gasteiger partial charge in [-0.2, -0.15) is 0 Å². The highest BCUT2D eigenvalue weighted by molar-refractivity contribution is 6.22. The first kappa shape index (κ1) is 21.2. The Morgan fingerprint density at radius 1 is 0.810 bits per heavy atom. The Morgan fingerprint density at radius 2 is 1.33 bits per heavy atom. The minimum atomic E-state index is -1.05. The van der Waals surface area contributed by atoms with Crippen LogP contribution in [0.15, 0.2) is 0 Å². The summed E-state index contributed by atoms with van der Waals surface area (Å²) in [6, 6.07) is 0. The second-order valence-corrected chi connectivity index (χ2v) is 6.62. The van der Waals surface area contributed by atoms with Crippen molar-refractivity contribution in [2.24, 2.45) is 5.41 Å². The quantitative estimate of drug-likeness (QED) is 0.245. The number of methoxy groups -OCH3 is 3. The van der Waals surface area contributed by atoms with Crippen LogP contribution in [0.5, 0.6) is 0 Å². The van der Waals surface area contributed by atoms with Crippen molar-refractivity contribution in [1.29, 1.82) is 0 Å². The van der Waals surface area contributed by atoms with E-state index in [0.717, 1.165) is 32.3 Å². The van der Waals surface area contributed by atoms with E-state index in [2.05, 4.69) is 13.8 Å². The summed E-state index contributed by atoms with van der Waals surface area (Å²) in [6.07, 6.45) is 10.6. The lowest BCUT2D eigenvalue weighted by Gasteiger charge is -2.42. The summed E-state index contributed by atoms with van der Waals surface area (Å²) in [5.41, 5.74) is -0.207. The summed E-state index contributed by atoms with van der Waals surface area (Å²) < 4.78 is 16.1. The average molecular weight is 323 g/mol. The maximum absolute atomic E-state index is 6.57. The van der Waals surface area contributed by atoms with E-state index in [9.17, 15) is 0 Å². The van der Waals surface area contributed by atoms with Crippen molar-refractivity contribution in [3.63, 3.8) is 0 Å². The van der Waals surface area contributed by atoms with Crippen LogP contribution in [-0.2, 0) is 14.2 Å². The molecule has 21 heavy (non-hydrogen) atoms. The highest BCUT2D eigenvalue weighted by Crippen LogP contribution is 2.46. The molecule has 0 aromatic carbocycles. The lowest BCUT2D eigenvalue weighted by atomic mass is 9.79. The SMILES string of the molecule is CCCCCCCCC(C)(CCCOC)C(Cl)(OC)OC. The summed E-state index contributed by atoms with van der Waals surface area (Å²) >= 11 is 6.57. The Balaban J connectivity index is 4.44. The fraction of sp³-hybridized carbons (Fsp3) is 1.00. The molecule has 0 aliphatic heterocycles. The number of alkyl halides is 1. The van der Waals surface area contributed by atoms with E-state index in [-0.39, 0.29) is 5.41 Å². The molecule has 3 nitrogen and oxygen atoms in total. The Bertz CT molecular complexity index is 244. The van der Waals surface area contributed by atoms with Crippen molar-refractivity contribution in [2.45, 2.75) is 76.9 Å². The van der Waals surface area contributed by atoms with Gasteiger partial charge in [-0.1, -0.05) is 64.0 Å². The largest absolute Gasteiger partial charge is 0.385 e. The first-order valence-electron chi connectivity index (χ1n) is 8.27. The summed E-state index contributed by atoms with van der Waals surface area (Å²) in [6.45, 7) is 5.15. The van der Waals surface area contributed by atoms with Crippen LogP contribution in [-0.4, -0.2) is 33.2 Å². The molecule has 0 saturated carbocycles. The van der Waals surface area contributed by atoms with Crippen molar-refractivity contribution < 1.29 is 14.2 Å². The minimum Gasteiger partial charge on any atom is -0.385 e. The molecule has 0 N–H and O–H groups in total. The molecule has 0 radical (unpaired) electrons. The van der Waals surface area contributed by atoms with E-state index in [1.165, 1.54) is 32.1 Å². The van der Waals surface area contributed by atoms with Gasteiger partial charge in [0.05, 0.1) is 0 Å². The first-order chi connectivity index (χ1) is 9.99. The third-order valence-corrected chi connectivity index (χ3v) is 5.17. The Morgan fingerprint density at radius 3 is 1.86 bits per heavy atom. The monoisotopic (exact) mass is 322 g/mol. The first-order valence-corrected chi connectivity index (χ1v) is 8.65. The molecule has 0 bridgehead atoms. The molecule has 0 aromatic heterocycles. The van der Waals surface area contributed by atoms with Crippen LogP contribution in [0.1, 0.15) is 71.6 Å². The Hall–Kier alpha value is 0.170. The lowest BCUT2D eigenvalue weighted by Crippen LogP contribution is -2.45. The number of halogens is 1. The molecule has 0 heterocycles. The fourth-order valence-corrected chi connectivity index (χ4v) is 3.09. The molecule has 4 heteroatoms. The smallest absolute Gasteiger partial charge is 0.253 e. The number of hydrogen-bond donors (Lipinski definition) is 0. The molecule has 0 fully saturated rings. The van der Waals surface area contributed by atoms with Crippen LogP contribution in [0.2, 0.25) is 0 Å². The van der Waals surface area contributed by atoms with Crippen LogP contribution in [0.3, 0.4) is 0 Å². The van der Waals surface area contributed by atoms with Crippen molar-refractivity contribution >= 4 is 11.6 Å². The van der Waals surface area contributed by atoms with Crippen molar-refractivity contribution in [1.82, 2.24) is 0 Å². The van der Waals surface area contributed by atoms with E-state index in [1.54, 1.807) is 21.3 Å². The predicted molar refractivity (Wildman–Crippen MR) is 89.8 cm³/mol. The predicted octanol–water partition coefficient (Wildman–Crippen LogP) is 5.36. The molecule has 0 spiro atoms. The van der Waals surface area contributed by atoms with Crippen molar-refractivity contribution in [2.75, 3.05) is 27.9 Å². The molecule has 128 valence electrons. The van der Waals surface area contributed by atoms with Gasteiger partial charge in [0, 0.05) is 33.4 Å². The maximum Gasteiger partial charge on any atom is 0.253 e. The third kappa shape index (κ3) is 7.32. The zero-order valence-electron chi connectivity index (χ0n) is 14.7. The van der Waals surface area contributed by atoms with Crippen LogP contribution in [0.25, 0.3) is 0 Å². The van der Waals surface area contributed by atoms with Gasteiger partial charge < -0.3 is 14.2 Å². The number of hydrogen-bond acceptors (Lipinski definition) is 3. The maximum atomic E-state index is 6.57. The van der Waals surface area contributed by atoms with E-state index in [4.69, 9.17) is 25.8 Å². The topological polar surface area (TPSA) is 27.7 Å². The van der Waals surface area contributed by atoms with Crippen LogP contribution in [0, 0.1) is 5.41 Å². The van der Waals surface area contributed by atoms with Crippen molar-refractivity contribution in [3.05, 3.63) is 0 Å². The second-order valence-electron chi connectivity index (χ2n) is 6.12. The summed E-state index contributed by atoms with van der Waals surface area (Å²) in [7, 11) is 4.96. The van der Waals surface area contributed by atoms with Gasteiger partial charge in [0.15, 0.2) is 0 Å². The summed E-state index contributed by atoms with van der Waals surface area (Å²) in [4.78, 5) is 0. The third-order valence-electron chi connectivity index (χ3n) is 4.41. The molecule has 0 amide bonds. The number of rotatable bonds is 14. The molecule has 0 saturated heterocycles. The fourth-order valence-electron chi connectivity index (χ4n) is 2.90. The molecule has 0 aliphatic rings. The lowest BCUT2D eigenvalue weighted by molar-refractivity contribution is -0.216. The van der Waals surface area contributed by atoms with E-state index in [1.807, 2.05) is 0 Å². The molecule has 0 aromatic rings. The van der Waals surface area contributed by atoms with Crippen LogP contribution < -0.4 is 0 Å². The molecule has 0 aliphatic carbocycles. The molecule has 1 unspecified atom stereocenters. The molecular weight excluding hydrogens is 288 g/mol. The summed E-state index contributed by atoms with van der Waals surface area (Å²) in [5, 5.41) is -1.05. The number of unbranched alkanes of at least 4 members (excludes halogenated alkanes) is 5. The van der Waals surface area contributed by atoms with Gasteiger partial charge in [0.1, 0.15) is 0 Å². The average Bonchev–Trinajstić information content (AvgIpc) is 2.50. The zero-order valence-corrected chi connectivity index (χ0v) is 15.4. The minimum absolute atomic E-state index is 0.207. The van der Waals surface area contributed by atoms with Crippen LogP contribution in [0.4, 0.5) is 0 Å². The highest BCUT2D eigenvalue weighted by Gasteiger charge is 2.47. The van der Waals surface area contributed by atoms with E-state index < -0.39 is 5.25 Å². The van der Waals surface area contributed by atoms with E-state index in [0.29, 0.717) is 0 Å². The van der Waals surface area contributed by atoms with Gasteiger partial charge in [-0.15, -0.1) is 0 Å². The van der Waals surface area contributed by atoms with Crippen LogP contribution >= 0.6 is 11.6 Å². The Labute approximate surface area is 136 Å². The summed E-state index contributed by atoms with van der Waals surface area (Å²) in [5.74, 6) is 0. The van der Waals surface area contributed by atoms with Gasteiger partial charge in [-0.3, -0.25) is 0 Å². The highest BCUT2D eigenvalue weighted by atomic mass is 35.5. The van der Waals surface area contributed by atoms with E-state index >= 15 is 0 Å². The van der Waals surface area contributed by atoms with Crippen molar-refractivity contribution in [3.8, 4) is 0 Å². The number of ether oxygens (including phenoxy) is 3. The Kier molecular flexibility index (Phi) is 11.8. The second kappa shape index (κ2) is 11.7. The molecular formula is C17H35ClO3. The van der Waals surface area contributed by atoms with Gasteiger partial charge in [0.2, 0.25) is 0 Å². The van der Waals surface area contributed by atoms with Gasteiger partial charge >= 0.3 is 0 Å². The zero-order chi connectivity index (χ0) is 16.2. The van der Waals surface area contributed by atoms with Gasteiger partial charge in [-0.25, -0.2) is 0 Å². The normalized spacial score (nSPS) is 15.1. The van der Waals surface area contributed by atoms with Gasteiger partial charge in [-0.05, 0) is 19.3 Å². The molecule has 1 atom stereocenters. The molecule has 0 rings (SSSR count).